The maximum absolute atomic E-state index is 12.9. The molecular weight excluding hydrogens is 427 g/mol. The van der Waals surface area contributed by atoms with Crippen molar-refractivity contribution in [3.8, 4) is 0 Å². The predicted molar refractivity (Wildman–Crippen MR) is 125 cm³/mol. The number of anilines is 2. The average Bonchev–Trinajstić information content (AvgIpc) is 3.57. The van der Waals surface area contributed by atoms with Gasteiger partial charge in [-0.15, -0.1) is 0 Å². The van der Waals surface area contributed by atoms with E-state index in [9.17, 15) is 18.0 Å². The number of carbonyl (C=O) groups is 1. The Kier molecular flexibility index (Phi) is 6.42. The van der Waals surface area contributed by atoms with E-state index >= 15 is 0 Å². The van der Waals surface area contributed by atoms with Crippen molar-refractivity contribution in [2.45, 2.75) is 31.1 Å². The van der Waals surface area contributed by atoms with E-state index in [0.29, 0.717) is 17.6 Å². The third-order valence-corrected chi connectivity index (χ3v) is 5.87. The molecule has 33 heavy (non-hydrogen) atoms. The Morgan fingerprint density at radius 2 is 1.73 bits per heavy atom. The van der Waals surface area contributed by atoms with Gasteiger partial charge in [0.15, 0.2) is 0 Å². The van der Waals surface area contributed by atoms with E-state index in [2.05, 4.69) is 27.7 Å². The molecule has 1 saturated carbocycles. The van der Waals surface area contributed by atoms with Crippen LogP contribution >= 0.6 is 0 Å². The zero-order valence-corrected chi connectivity index (χ0v) is 18.5. The number of rotatable bonds is 7. The molecule has 172 valence electrons. The van der Waals surface area contributed by atoms with Crippen LogP contribution in [0.1, 0.15) is 39.4 Å². The van der Waals surface area contributed by atoms with E-state index in [4.69, 9.17) is 0 Å². The van der Waals surface area contributed by atoms with Gasteiger partial charge in [-0.05, 0) is 53.9 Å². The number of benzene rings is 3. The van der Waals surface area contributed by atoms with Gasteiger partial charge in [0.25, 0.3) is 5.91 Å². The molecule has 1 aliphatic carbocycles. The minimum absolute atomic E-state index is 0.0293. The molecule has 0 aliphatic heterocycles. The Balaban J connectivity index is 1.33. The molecule has 4 rings (SSSR count). The van der Waals surface area contributed by atoms with E-state index < -0.39 is 17.6 Å². The first kappa shape index (κ1) is 22.9. The fraction of sp³-hybridized carbons (Fsp3) is 0.269. The highest BCUT2D eigenvalue weighted by atomic mass is 19.4. The standard InChI is InChI=1S/C26H26F3N3O/c1-32(2)24-9-4-3-6-19(24)16-30-23-15-22(23)17-10-12-21(13-11-17)31-25(33)18-7-5-8-20(14-18)26(27,28)29/h3-14,22-23,30H,15-16H2,1-2H3,(H,31,33)/t22-,23+/m0/s1. The van der Waals surface area contributed by atoms with Gasteiger partial charge in [0.05, 0.1) is 5.56 Å². The van der Waals surface area contributed by atoms with Crippen LogP contribution in [0, 0.1) is 0 Å². The number of alkyl halides is 3. The average molecular weight is 454 g/mol. The highest BCUT2D eigenvalue weighted by molar-refractivity contribution is 6.04. The molecule has 1 aliphatic rings. The van der Waals surface area contributed by atoms with Crippen molar-refractivity contribution in [1.82, 2.24) is 5.32 Å². The van der Waals surface area contributed by atoms with Gasteiger partial charge < -0.3 is 15.5 Å². The lowest BCUT2D eigenvalue weighted by Gasteiger charge is -2.17. The second-order valence-corrected chi connectivity index (χ2v) is 8.51. The van der Waals surface area contributed by atoms with E-state index in [1.807, 2.05) is 38.4 Å². The van der Waals surface area contributed by atoms with Crippen molar-refractivity contribution in [3.63, 3.8) is 0 Å². The predicted octanol–water partition coefficient (Wildman–Crippen LogP) is 5.67. The van der Waals surface area contributed by atoms with E-state index in [-0.39, 0.29) is 5.56 Å². The normalized spacial score (nSPS) is 17.5. The summed E-state index contributed by atoms with van der Waals surface area (Å²) < 4.78 is 38.6. The number of hydrogen-bond acceptors (Lipinski definition) is 3. The molecule has 0 bridgehead atoms. The highest BCUT2D eigenvalue weighted by Gasteiger charge is 2.37. The number of nitrogens with one attached hydrogen (secondary N) is 2. The highest BCUT2D eigenvalue weighted by Crippen LogP contribution is 2.41. The van der Waals surface area contributed by atoms with Crippen LogP contribution in [0.4, 0.5) is 24.5 Å². The molecule has 0 aromatic heterocycles. The van der Waals surface area contributed by atoms with Crippen LogP contribution in [0.3, 0.4) is 0 Å². The summed E-state index contributed by atoms with van der Waals surface area (Å²) in [6.07, 6.45) is -3.44. The van der Waals surface area contributed by atoms with Crippen molar-refractivity contribution < 1.29 is 18.0 Å². The van der Waals surface area contributed by atoms with Gasteiger partial charge in [-0.25, -0.2) is 0 Å². The molecule has 2 atom stereocenters. The van der Waals surface area contributed by atoms with Crippen LogP contribution in [0.2, 0.25) is 0 Å². The van der Waals surface area contributed by atoms with Gasteiger partial charge in [0.2, 0.25) is 0 Å². The van der Waals surface area contributed by atoms with E-state index in [0.717, 1.165) is 25.1 Å². The SMILES string of the molecule is CN(C)c1ccccc1CN[C@@H]1C[C@H]1c1ccc(NC(=O)c2cccc(C(F)(F)F)c2)cc1. The molecule has 2 N–H and O–H groups in total. The Morgan fingerprint density at radius 1 is 1.00 bits per heavy atom. The third kappa shape index (κ3) is 5.54. The van der Waals surface area contributed by atoms with Crippen LogP contribution in [0.15, 0.2) is 72.8 Å². The summed E-state index contributed by atoms with van der Waals surface area (Å²) in [7, 11) is 4.07. The van der Waals surface area contributed by atoms with Gasteiger partial charge in [-0.1, -0.05) is 36.4 Å². The zero-order chi connectivity index (χ0) is 23.6. The van der Waals surface area contributed by atoms with Crippen molar-refractivity contribution in [3.05, 3.63) is 95.1 Å². The van der Waals surface area contributed by atoms with Crippen LogP contribution < -0.4 is 15.5 Å². The molecule has 7 heteroatoms. The first-order valence-corrected chi connectivity index (χ1v) is 10.8. The Bertz CT molecular complexity index is 1130. The molecular formula is C26H26F3N3O. The van der Waals surface area contributed by atoms with Crippen LogP contribution in [-0.2, 0) is 12.7 Å². The van der Waals surface area contributed by atoms with Crippen LogP contribution in [-0.4, -0.2) is 26.0 Å². The molecule has 4 nitrogen and oxygen atoms in total. The molecule has 0 saturated heterocycles. The molecule has 3 aromatic carbocycles. The Hall–Kier alpha value is -3.32. The van der Waals surface area contributed by atoms with Gasteiger partial charge in [0, 0.05) is 49.5 Å². The summed E-state index contributed by atoms with van der Waals surface area (Å²) in [6.45, 7) is 0.792. The maximum Gasteiger partial charge on any atom is 0.416 e. The van der Waals surface area contributed by atoms with Gasteiger partial charge in [-0.3, -0.25) is 4.79 Å². The first-order chi connectivity index (χ1) is 15.7. The maximum atomic E-state index is 12.9. The quantitative estimate of drug-likeness (QED) is 0.485. The van der Waals surface area contributed by atoms with Gasteiger partial charge in [-0.2, -0.15) is 13.2 Å². The van der Waals surface area contributed by atoms with Crippen molar-refractivity contribution in [2.24, 2.45) is 0 Å². The fourth-order valence-corrected chi connectivity index (χ4v) is 3.98. The number of carbonyl (C=O) groups excluding carboxylic acids is 1. The molecule has 0 radical (unpaired) electrons. The van der Waals surface area contributed by atoms with Gasteiger partial charge >= 0.3 is 6.18 Å². The fourth-order valence-electron chi connectivity index (χ4n) is 3.98. The molecule has 3 aromatic rings. The lowest BCUT2D eigenvalue weighted by atomic mass is 10.1. The number of hydrogen-bond donors (Lipinski definition) is 2. The lowest BCUT2D eigenvalue weighted by molar-refractivity contribution is -0.137. The first-order valence-electron chi connectivity index (χ1n) is 10.8. The zero-order valence-electron chi connectivity index (χ0n) is 18.5. The largest absolute Gasteiger partial charge is 0.416 e. The van der Waals surface area contributed by atoms with Crippen molar-refractivity contribution in [1.29, 1.82) is 0 Å². The minimum Gasteiger partial charge on any atom is -0.377 e. The summed E-state index contributed by atoms with van der Waals surface area (Å²) in [5.41, 5.74) is 3.30. The monoisotopic (exact) mass is 453 g/mol. The minimum atomic E-state index is -4.48. The third-order valence-electron chi connectivity index (χ3n) is 5.87. The summed E-state index contributed by atoms with van der Waals surface area (Å²) in [4.78, 5) is 14.5. The number of nitrogens with zero attached hydrogens (tertiary/aromatic N) is 1. The van der Waals surface area contributed by atoms with Crippen LogP contribution in [0.5, 0.6) is 0 Å². The molecule has 1 fully saturated rings. The number of halogens is 3. The Morgan fingerprint density at radius 3 is 2.42 bits per heavy atom. The summed E-state index contributed by atoms with van der Waals surface area (Å²) in [5.74, 6) is -0.163. The second-order valence-electron chi connectivity index (χ2n) is 8.51. The molecule has 0 unspecified atom stereocenters. The number of para-hydroxylation sites is 1. The second kappa shape index (κ2) is 9.27. The molecule has 0 heterocycles. The van der Waals surface area contributed by atoms with Crippen molar-refractivity contribution in [2.75, 3.05) is 24.3 Å². The smallest absolute Gasteiger partial charge is 0.377 e. The van der Waals surface area contributed by atoms with E-state index in [1.165, 1.54) is 28.9 Å². The topological polar surface area (TPSA) is 44.4 Å². The van der Waals surface area contributed by atoms with E-state index in [1.54, 1.807) is 12.1 Å². The van der Waals surface area contributed by atoms with Gasteiger partial charge in [0.1, 0.15) is 0 Å². The Labute approximate surface area is 191 Å². The summed E-state index contributed by atoms with van der Waals surface area (Å²) in [5, 5.41) is 6.29. The summed E-state index contributed by atoms with van der Waals surface area (Å²) in [6, 6.07) is 20.6. The molecule has 0 spiro atoms. The summed E-state index contributed by atoms with van der Waals surface area (Å²) >= 11 is 0. The van der Waals surface area contributed by atoms with Crippen LogP contribution in [0.25, 0.3) is 0 Å². The van der Waals surface area contributed by atoms with Crippen molar-refractivity contribution >= 4 is 17.3 Å². The lowest BCUT2D eigenvalue weighted by Crippen LogP contribution is -2.20. The molecule has 1 amide bonds. The number of amides is 1.